The van der Waals surface area contributed by atoms with E-state index in [1.54, 1.807) is 0 Å². The molecule has 0 aromatic heterocycles. The van der Waals surface area contributed by atoms with E-state index in [0.29, 0.717) is 0 Å². The van der Waals surface area contributed by atoms with E-state index >= 15 is 0 Å². The molecule has 0 spiro atoms. The van der Waals surface area contributed by atoms with Gasteiger partial charge < -0.3 is 0 Å². The first kappa shape index (κ1) is 10.1. The summed E-state index contributed by atoms with van der Waals surface area (Å²) >= 11 is 0. The van der Waals surface area contributed by atoms with Gasteiger partial charge >= 0.3 is 29.5 Å². The summed E-state index contributed by atoms with van der Waals surface area (Å²) in [5.74, 6) is 0. The molecular formula is C2H2O7P2+2. The maximum atomic E-state index is 10.2. The molecule has 0 aliphatic rings. The van der Waals surface area contributed by atoms with E-state index in [1.165, 1.54) is 0 Å². The van der Waals surface area contributed by atoms with Crippen LogP contribution in [-0.4, -0.2) is 12.9 Å². The lowest BCUT2D eigenvalue weighted by Crippen LogP contribution is -1.77. The van der Waals surface area contributed by atoms with Crippen LogP contribution < -0.4 is 0 Å². The highest BCUT2D eigenvalue weighted by atomic mass is 31.2. The molecule has 0 saturated heterocycles. The van der Waals surface area contributed by atoms with E-state index in [2.05, 4.69) is 13.4 Å². The van der Waals surface area contributed by atoms with Crippen LogP contribution in [0, 0.1) is 0 Å². The van der Waals surface area contributed by atoms with Crippen molar-refractivity contribution in [3.8, 4) is 0 Å². The second-order valence-electron chi connectivity index (χ2n) is 0.932. The maximum absolute atomic E-state index is 10.2. The molecular weight excluding hydrogens is 198 g/mol. The van der Waals surface area contributed by atoms with E-state index in [1.807, 2.05) is 0 Å². The van der Waals surface area contributed by atoms with Crippen LogP contribution in [0.2, 0.25) is 0 Å². The number of carbonyl (C=O) groups excluding carboxylic acids is 2. The van der Waals surface area contributed by atoms with Crippen molar-refractivity contribution in [3.63, 3.8) is 0 Å². The number of hydrogen-bond acceptors (Lipinski definition) is 7. The Morgan fingerprint density at radius 3 is 1.55 bits per heavy atom. The fourth-order valence-electron chi connectivity index (χ4n) is 0.163. The Labute approximate surface area is 62.5 Å². The molecule has 0 radical (unpaired) electrons. The third-order valence-electron chi connectivity index (χ3n) is 0.392. The van der Waals surface area contributed by atoms with Crippen LogP contribution >= 0.6 is 16.5 Å². The van der Waals surface area contributed by atoms with Crippen molar-refractivity contribution in [2.45, 2.75) is 0 Å². The fraction of sp³-hybridized carbons (Fsp3) is 0. The SMILES string of the molecule is O=CO[P+](=O)O[P+](=O)OC=O. The predicted molar refractivity (Wildman–Crippen MR) is 30.6 cm³/mol. The minimum Gasteiger partial charge on any atom is -0.250 e. The van der Waals surface area contributed by atoms with Crippen molar-refractivity contribution >= 4 is 29.5 Å². The molecule has 9 heteroatoms. The molecule has 0 aliphatic carbocycles. The predicted octanol–water partition coefficient (Wildman–Crippen LogP) is 0.664. The van der Waals surface area contributed by atoms with Gasteiger partial charge in [0.05, 0.1) is 0 Å². The Morgan fingerprint density at radius 2 is 1.27 bits per heavy atom. The van der Waals surface area contributed by atoms with Crippen LogP contribution in [0.5, 0.6) is 0 Å². The third-order valence-corrected chi connectivity index (χ3v) is 1.97. The van der Waals surface area contributed by atoms with E-state index in [4.69, 9.17) is 0 Å². The van der Waals surface area contributed by atoms with Crippen molar-refractivity contribution in [3.05, 3.63) is 0 Å². The van der Waals surface area contributed by atoms with Crippen LogP contribution in [0.25, 0.3) is 0 Å². The molecule has 0 saturated carbocycles. The zero-order chi connectivity index (χ0) is 8.69. The molecule has 0 N–H and O–H groups in total. The van der Waals surface area contributed by atoms with Crippen LogP contribution in [0.15, 0.2) is 0 Å². The summed E-state index contributed by atoms with van der Waals surface area (Å²) in [5, 5.41) is 0. The van der Waals surface area contributed by atoms with Gasteiger partial charge in [-0.25, -0.2) is 0 Å². The van der Waals surface area contributed by atoms with Crippen molar-refractivity contribution in [2.75, 3.05) is 0 Å². The first-order valence-corrected chi connectivity index (χ1v) is 4.23. The molecule has 0 aromatic carbocycles. The van der Waals surface area contributed by atoms with Gasteiger partial charge in [-0.3, -0.25) is 9.59 Å². The monoisotopic (exact) mass is 200 g/mol. The first-order valence-electron chi connectivity index (χ1n) is 2.04. The van der Waals surface area contributed by atoms with Crippen LogP contribution in [0.3, 0.4) is 0 Å². The van der Waals surface area contributed by atoms with Gasteiger partial charge in [0.25, 0.3) is 0 Å². The van der Waals surface area contributed by atoms with Gasteiger partial charge in [0.2, 0.25) is 0 Å². The first-order chi connectivity index (χ1) is 5.20. The van der Waals surface area contributed by atoms with Crippen molar-refractivity contribution in [2.24, 2.45) is 0 Å². The molecule has 7 nitrogen and oxygen atoms in total. The van der Waals surface area contributed by atoms with Crippen molar-refractivity contribution < 1.29 is 32.1 Å². The topological polar surface area (TPSA) is 96.0 Å². The number of carbonyl (C=O) groups is 2. The molecule has 60 valence electrons. The standard InChI is InChI=1S/C2H2O7P2/c3-1-7-10(5)9-11(6)8-2-4/h1-2H/q+2. The zero-order valence-electron chi connectivity index (χ0n) is 4.91. The highest BCUT2D eigenvalue weighted by molar-refractivity contribution is 7.48. The van der Waals surface area contributed by atoms with Crippen molar-refractivity contribution in [1.29, 1.82) is 0 Å². The van der Waals surface area contributed by atoms with Crippen LogP contribution in [-0.2, 0) is 32.1 Å². The Morgan fingerprint density at radius 1 is 0.909 bits per heavy atom. The van der Waals surface area contributed by atoms with Crippen LogP contribution in [0.4, 0.5) is 0 Å². The van der Waals surface area contributed by atoms with Crippen molar-refractivity contribution in [1.82, 2.24) is 0 Å². The fourth-order valence-corrected chi connectivity index (χ4v) is 1.05. The summed E-state index contributed by atoms with van der Waals surface area (Å²) in [6, 6.07) is 0. The number of hydrogen-bond donors (Lipinski definition) is 0. The molecule has 0 rings (SSSR count). The summed E-state index contributed by atoms with van der Waals surface area (Å²) < 4.78 is 31.7. The second kappa shape index (κ2) is 5.85. The molecule has 0 fully saturated rings. The quantitative estimate of drug-likeness (QED) is 0.458. The lowest BCUT2D eigenvalue weighted by molar-refractivity contribution is -0.120. The Bertz CT molecular complexity index is 167. The van der Waals surface area contributed by atoms with Gasteiger partial charge in [0, 0.05) is 9.13 Å². The lowest BCUT2D eigenvalue weighted by atomic mass is 11.7. The van der Waals surface area contributed by atoms with E-state index in [9.17, 15) is 18.7 Å². The van der Waals surface area contributed by atoms with E-state index < -0.39 is 16.5 Å². The molecule has 0 heterocycles. The minimum atomic E-state index is -2.82. The molecule has 11 heavy (non-hydrogen) atoms. The summed E-state index contributed by atoms with van der Waals surface area (Å²) in [6.07, 6.45) is 0. The number of rotatable bonds is 6. The maximum Gasteiger partial charge on any atom is 0.804 e. The molecule has 0 aliphatic heterocycles. The molecule has 0 bridgehead atoms. The van der Waals surface area contributed by atoms with Gasteiger partial charge in [-0.05, 0) is 0 Å². The average Bonchev–Trinajstić information content (AvgIpc) is 1.87. The Kier molecular flexibility index (Phi) is 5.37. The highest BCUT2D eigenvalue weighted by Gasteiger charge is 2.41. The molecule has 0 aromatic rings. The molecule has 2 atom stereocenters. The van der Waals surface area contributed by atoms with Gasteiger partial charge in [0.15, 0.2) is 4.31 Å². The Balaban J connectivity index is 3.65. The average molecular weight is 200 g/mol. The lowest BCUT2D eigenvalue weighted by Gasteiger charge is -1.68. The van der Waals surface area contributed by atoms with Gasteiger partial charge in [-0.15, -0.1) is 0 Å². The van der Waals surface area contributed by atoms with E-state index in [0.717, 1.165) is 0 Å². The summed E-state index contributed by atoms with van der Waals surface area (Å²) in [5.41, 5.74) is 0. The molecule has 2 unspecified atom stereocenters. The normalized spacial score (nSPS) is 11.3. The van der Waals surface area contributed by atoms with Gasteiger partial charge in [0.1, 0.15) is 0 Å². The summed E-state index contributed by atoms with van der Waals surface area (Å²) in [4.78, 5) is 18.9. The molecule has 0 amide bonds. The van der Waals surface area contributed by atoms with Gasteiger partial charge in [-0.2, -0.15) is 9.05 Å². The zero-order valence-corrected chi connectivity index (χ0v) is 6.70. The highest BCUT2D eigenvalue weighted by Crippen LogP contribution is 2.38. The second-order valence-corrected chi connectivity index (χ2v) is 2.90. The minimum absolute atomic E-state index is 0.150. The third kappa shape index (κ3) is 5.54. The smallest absolute Gasteiger partial charge is 0.250 e. The van der Waals surface area contributed by atoms with Gasteiger partial charge in [-0.1, -0.05) is 0 Å². The largest absolute Gasteiger partial charge is 0.804 e. The summed E-state index contributed by atoms with van der Waals surface area (Å²) in [6.45, 7) is -0.300. The summed E-state index contributed by atoms with van der Waals surface area (Å²) in [7, 11) is -5.63. The van der Waals surface area contributed by atoms with Crippen LogP contribution in [0.1, 0.15) is 0 Å². The Hall–Kier alpha value is -0.900. The van der Waals surface area contributed by atoms with E-state index in [-0.39, 0.29) is 12.9 Å².